The molecular weight excluding hydrogens is 380 g/mol. The van der Waals surface area contributed by atoms with E-state index in [4.69, 9.17) is 4.42 Å². The lowest BCUT2D eigenvalue weighted by Gasteiger charge is -2.27. The number of para-hydroxylation sites is 1. The monoisotopic (exact) mass is 400 g/mol. The molecule has 150 valence electrons. The van der Waals surface area contributed by atoms with Crippen molar-refractivity contribution in [3.63, 3.8) is 0 Å². The SMILES string of the molecule is CN(C)c1ccc(C2CC(c3cc4ccccc4oc3=O)=NC3=NNC(=O)C32)cc1. The number of benzene rings is 2. The van der Waals surface area contributed by atoms with E-state index in [0.29, 0.717) is 29.1 Å². The number of amidine groups is 1. The van der Waals surface area contributed by atoms with Gasteiger partial charge in [-0.15, -0.1) is 0 Å². The van der Waals surface area contributed by atoms with Gasteiger partial charge in [0.25, 0.3) is 5.91 Å². The molecular formula is C23H20N4O3. The van der Waals surface area contributed by atoms with E-state index in [2.05, 4.69) is 15.5 Å². The highest BCUT2D eigenvalue weighted by Crippen LogP contribution is 2.37. The topological polar surface area (TPSA) is 87.3 Å². The molecule has 30 heavy (non-hydrogen) atoms. The van der Waals surface area contributed by atoms with Crippen LogP contribution in [0.5, 0.6) is 0 Å². The number of hydrogen-bond donors (Lipinski definition) is 1. The summed E-state index contributed by atoms with van der Waals surface area (Å²) >= 11 is 0. The van der Waals surface area contributed by atoms with Gasteiger partial charge >= 0.3 is 5.63 Å². The summed E-state index contributed by atoms with van der Waals surface area (Å²) in [4.78, 5) is 31.7. The largest absolute Gasteiger partial charge is 0.422 e. The lowest BCUT2D eigenvalue weighted by atomic mass is 9.78. The van der Waals surface area contributed by atoms with Crippen molar-refractivity contribution in [1.29, 1.82) is 0 Å². The summed E-state index contributed by atoms with van der Waals surface area (Å²) < 4.78 is 5.50. The van der Waals surface area contributed by atoms with Crippen LogP contribution in [0.1, 0.15) is 23.5 Å². The first-order chi connectivity index (χ1) is 14.5. The van der Waals surface area contributed by atoms with Crippen molar-refractivity contribution in [3.8, 4) is 0 Å². The zero-order valence-corrected chi connectivity index (χ0v) is 16.6. The van der Waals surface area contributed by atoms with Gasteiger partial charge in [0.15, 0.2) is 5.84 Å². The Morgan fingerprint density at radius 2 is 1.83 bits per heavy atom. The quantitative estimate of drug-likeness (QED) is 0.685. The molecule has 3 heterocycles. The smallest absolute Gasteiger partial charge is 0.345 e. The van der Waals surface area contributed by atoms with E-state index in [9.17, 15) is 9.59 Å². The third-order valence-electron chi connectivity index (χ3n) is 5.70. The van der Waals surface area contributed by atoms with E-state index in [1.807, 2.05) is 61.5 Å². The molecule has 3 aromatic rings. The Kier molecular flexibility index (Phi) is 4.24. The van der Waals surface area contributed by atoms with E-state index in [-0.39, 0.29) is 11.8 Å². The molecule has 2 atom stereocenters. The predicted octanol–water partition coefficient (Wildman–Crippen LogP) is 2.90. The molecule has 0 radical (unpaired) electrons. The molecule has 2 aliphatic heterocycles. The highest BCUT2D eigenvalue weighted by molar-refractivity contribution is 6.18. The minimum Gasteiger partial charge on any atom is -0.422 e. The van der Waals surface area contributed by atoms with E-state index in [1.54, 1.807) is 12.1 Å². The fourth-order valence-corrected chi connectivity index (χ4v) is 4.10. The molecule has 0 saturated heterocycles. The maximum Gasteiger partial charge on any atom is 0.345 e. The van der Waals surface area contributed by atoms with Crippen LogP contribution in [0, 0.1) is 5.92 Å². The lowest BCUT2D eigenvalue weighted by Crippen LogP contribution is -2.35. The molecule has 7 heteroatoms. The van der Waals surface area contributed by atoms with Crippen LogP contribution in [0.4, 0.5) is 5.69 Å². The zero-order valence-electron chi connectivity index (χ0n) is 16.6. The summed E-state index contributed by atoms with van der Waals surface area (Å²) in [6.07, 6.45) is 0.446. The lowest BCUT2D eigenvalue weighted by molar-refractivity contribution is -0.122. The van der Waals surface area contributed by atoms with E-state index < -0.39 is 11.5 Å². The number of fused-ring (bicyclic) bond motifs is 2. The van der Waals surface area contributed by atoms with E-state index in [0.717, 1.165) is 16.6 Å². The molecule has 1 amide bonds. The number of rotatable bonds is 3. The Morgan fingerprint density at radius 3 is 2.60 bits per heavy atom. The third kappa shape index (κ3) is 2.99. The molecule has 0 saturated carbocycles. The zero-order chi connectivity index (χ0) is 20.8. The summed E-state index contributed by atoms with van der Waals surface area (Å²) in [5.74, 6) is -0.386. The van der Waals surface area contributed by atoms with Crippen LogP contribution in [0.25, 0.3) is 11.0 Å². The average molecular weight is 400 g/mol. The van der Waals surface area contributed by atoms with Gasteiger partial charge in [-0.25, -0.2) is 15.2 Å². The molecule has 0 bridgehead atoms. The number of hydrazone groups is 1. The second kappa shape index (κ2) is 6.95. The Labute approximate surface area is 172 Å². The first-order valence-corrected chi connectivity index (χ1v) is 9.77. The van der Waals surface area contributed by atoms with E-state index >= 15 is 0 Å². The molecule has 2 unspecified atom stereocenters. The van der Waals surface area contributed by atoms with Gasteiger partial charge < -0.3 is 9.32 Å². The number of amides is 1. The van der Waals surface area contributed by atoms with Gasteiger partial charge in [0.2, 0.25) is 0 Å². The Morgan fingerprint density at radius 1 is 1.07 bits per heavy atom. The first-order valence-electron chi connectivity index (χ1n) is 9.77. The standard InChI is InChI=1S/C23H20N4O3/c1-27(2)15-9-7-13(8-10-15)16-12-18(24-21-20(16)22(28)26-25-21)17-11-14-5-3-4-6-19(14)30-23(17)29/h3-11,16,20H,12H2,1-2H3,(H,26,28). The highest BCUT2D eigenvalue weighted by Gasteiger charge is 2.42. The number of nitrogens with zero attached hydrogens (tertiary/aromatic N) is 3. The van der Waals surface area contributed by atoms with Crippen molar-refractivity contribution in [2.45, 2.75) is 12.3 Å². The van der Waals surface area contributed by atoms with Gasteiger partial charge in [0.05, 0.1) is 11.3 Å². The summed E-state index contributed by atoms with van der Waals surface area (Å²) in [6.45, 7) is 0. The molecule has 1 N–H and O–H groups in total. The van der Waals surface area contributed by atoms with Crippen LogP contribution in [-0.2, 0) is 4.79 Å². The molecule has 1 aromatic heterocycles. The van der Waals surface area contributed by atoms with Crippen molar-refractivity contribution in [1.82, 2.24) is 5.43 Å². The van der Waals surface area contributed by atoms with Crippen molar-refractivity contribution in [3.05, 3.63) is 76.1 Å². The molecule has 2 aliphatic rings. The number of anilines is 1. The maximum absolute atomic E-state index is 12.7. The fourth-order valence-electron chi connectivity index (χ4n) is 4.10. The summed E-state index contributed by atoms with van der Waals surface area (Å²) in [5.41, 5.74) is 5.71. The maximum atomic E-state index is 12.7. The number of aliphatic imine (C=N–C) groups is 1. The van der Waals surface area contributed by atoms with Gasteiger partial charge in [-0.1, -0.05) is 30.3 Å². The summed E-state index contributed by atoms with van der Waals surface area (Å²) in [7, 11) is 3.96. The van der Waals surface area contributed by atoms with Crippen molar-refractivity contribution in [2.75, 3.05) is 19.0 Å². The van der Waals surface area contributed by atoms with Crippen molar-refractivity contribution < 1.29 is 9.21 Å². The molecule has 7 nitrogen and oxygen atoms in total. The minimum atomic E-state index is -0.466. The molecule has 2 aromatic carbocycles. The minimum absolute atomic E-state index is 0.166. The molecule has 0 fully saturated rings. The highest BCUT2D eigenvalue weighted by atomic mass is 16.4. The van der Waals surface area contributed by atoms with Gasteiger partial charge in [-0.05, 0) is 36.2 Å². The van der Waals surface area contributed by atoms with Crippen LogP contribution in [0.2, 0.25) is 0 Å². The first kappa shape index (κ1) is 18.3. The molecule has 5 rings (SSSR count). The van der Waals surface area contributed by atoms with Gasteiger partial charge in [0.1, 0.15) is 11.5 Å². The Balaban J connectivity index is 1.59. The van der Waals surface area contributed by atoms with Crippen molar-refractivity contribution in [2.24, 2.45) is 16.0 Å². The Hall–Kier alpha value is -3.74. The number of carbonyl (C=O) groups is 1. The van der Waals surface area contributed by atoms with Crippen LogP contribution >= 0.6 is 0 Å². The van der Waals surface area contributed by atoms with Gasteiger partial charge in [-0.3, -0.25) is 4.79 Å². The predicted molar refractivity (Wildman–Crippen MR) is 116 cm³/mol. The van der Waals surface area contributed by atoms with Crippen LogP contribution in [0.3, 0.4) is 0 Å². The van der Waals surface area contributed by atoms with Crippen LogP contribution < -0.4 is 16.0 Å². The number of hydrogen-bond acceptors (Lipinski definition) is 6. The number of carbonyl (C=O) groups excluding carboxylic acids is 1. The second-order valence-electron chi connectivity index (χ2n) is 7.76. The number of nitrogens with one attached hydrogen (secondary N) is 1. The summed E-state index contributed by atoms with van der Waals surface area (Å²) in [5, 5.41) is 4.94. The average Bonchev–Trinajstić information content (AvgIpc) is 3.13. The summed E-state index contributed by atoms with van der Waals surface area (Å²) in [6, 6.07) is 17.3. The van der Waals surface area contributed by atoms with Gasteiger partial charge in [0, 0.05) is 31.1 Å². The fraction of sp³-hybridized carbons (Fsp3) is 0.217. The Bertz CT molecular complexity index is 1270. The molecule has 0 aliphatic carbocycles. The van der Waals surface area contributed by atoms with Crippen LogP contribution in [0.15, 0.2) is 73.9 Å². The normalized spacial score (nSPS) is 20.4. The molecule has 0 spiro atoms. The van der Waals surface area contributed by atoms with Crippen LogP contribution in [-0.4, -0.2) is 31.5 Å². The second-order valence-corrected chi connectivity index (χ2v) is 7.76. The van der Waals surface area contributed by atoms with E-state index in [1.165, 1.54) is 0 Å². The van der Waals surface area contributed by atoms with Gasteiger partial charge in [-0.2, -0.15) is 5.10 Å². The van der Waals surface area contributed by atoms with Crippen molar-refractivity contribution >= 4 is 34.1 Å². The third-order valence-corrected chi connectivity index (χ3v) is 5.70.